The molecule has 8 rings (SSSR count). The van der Waals surface area contributed by atoms with E-state index in [-0.39, 0.29) is 0 Å². The summed E-state index contributed by atoms with van der Waals surface area (Å²) >= 11 is 0. The Morgan fingerprint density at radius 3 is 1.29 bits per heavy atom. The molecule has 0 saturated heterocycles. The molecule has 0 atom stereocenters. The molecule has 0 radical (unpaired) electrons. The number of aryl methyl sites for hydroxylation is 1. The summed E-state index contributed by atoms with van der Waals surface area (Å²) < 4.78 is 0. The molecule has 8 aromatic rings. The normalized spacial score (nSPS) is 11.0. The van der Waals surface area contributed by atoms with Crippen molar-refractivity contribution in [3.05, 3.63) is 170 Å². The van der Waals surface area contributed by atoms with E-state index >= 15 is 0 Å². The van der Waals surface area contributed by atoms with Crippen LogP contribution >= 0.6 is 0 Å². The van der Waals surface area contributed by atoms with Gasteiger partial charge in [-0.05, 0) is 65.1 Å². The van der Waals surface area contributed by atoms with Gasteiger partial charge in [0.15, 0.2) is 23.3 Å². The average Bonchev–Trinajstić information content (AvgIpc) is 3.19. The minimum absolute atomic E-state index is 0.602. The lowest BCUT2D eigenvalue weighted by Gasteiger charge is -2.13. The highest BCUT2D eigenvalue weighted by Crippen LogP contribution is 2.34. The Labute approximate surface area is 285 Å². The van der Waals surface area contributed by atoms with Crippen LogP contribution in [0.3, 0.4) is 0 Å². The molecular formula is C43H30N6. The van der Waals surface area contributed by atoms with Crippen molar-refractivity contribution in [3.8, 4) is 79.1 Å². The molecule has 0 amide bonds. The summed E-state index contributed by atoms with van der Waals surface area (Å²) in [6.45, 7) is 2.05. The van der Waals surface area contributed by atoms with Crippen LogP contribution in [0.15, 0.2) is 164 Å². The van der Waals surface area contributed by atoms with Crippen LogP contribution in [-0.2, 0) is 0 Å². The van der Waals surface area contributed by atoms with Crippen LogP contribution in [-0.4, -0.2) is 29.9 Å². The predicted octanol–water partition coefficient (Wildman–Crippen LogP) is 10.0. The first kappa shape index (κ1) is 29.7. The van der Waals surface area contributed by atoms with Crippen molar-refractivity contribution >= 4 is 0 Å². The fraction of sp³-hybridized carbons (Fsp3) is 0.0233. The molecule has 0 unspecified atom stereocenters. The monoisotopic (exact) mass is 630 g/mol. The standard InChI is InChI=1S/C43H30N6/c1-29-13-22-39(46-28-29)32-18-14-30(15-19-32)36-25-37(31-16-20-35(21-17-31)40-44-23-8-24-45-40)27-38(26-36)43-48-41(33-9-4-2-5-10-33)47-42(49-43)34-11-6-3-7-12-34/h2-28H,1H3. The van der Waals surface area contributed by atoms with Crippen molar-refractivity contribution < 1.29 is 0 Å². The lowest BCUT2D eigenvalue weighted by Crippen LogP contribution is -2.00. The predicted molar refractivity (Wildman–Crippen MR) is 196 cm³/mol. The Balaban J connectivity index is 1.27. The van der Waals surface area contributed by atoms with Gasteiger partial charge in [0.25, 0.3) is 0 Å². The maximum Gasteiger partial charge on any atom is 0.164 e. The number of aromatic nitrogens is 6. The second-order valence-corrected chi connectivity index (χ2v) is 11.8. The van der Waals surface area contributed by atoms with Gasteiger partial charge >= 0.3 is 0 Å². The minimum atomic E-state index is 0.602. The van der Waals surface area contributed by atoms with E-state index in [4.69, 9.17) is 15.0 Å². The third kappa shape index (κ3) is 6.48. The van der Waals surface area contributed by atoms with Crippen molar-refractivity contribution in [2.24, 2.45) is 0 Å². The van der Waals surface area contributed by atoms with Gasteiger partial charge in [0, 0.05) is 46.4 Å². The molecule has 0 aliphatic heterocycles. The zero-order valence-electron chi connectivity index (χ0n) is 26.8. The van der Waals surface area contributed by atoms with Gasteiger partial charge in [0.2, 0.25) is 0 Å². The molecule has 0 bridgehead atoms. The fourth-order valence-corrected chi connectivity index (χ4v) is 5.76. The lowest BCUT2D eigenvalue weighted by molar-refractivity contribution is 1.07. The van der Waals surface area contributed by atoms with Gasteiger partial charge in [0.05, 0.1) is 5.69 Å². The maximum atomic E-state index is 5.04. The number of rotatable bonds is 7. The third-order valence-electron chi connectivity index (χ3n) is 8.36. The van der Waals surface area contributed by atoms with E-state index in [1.54, 1.807) is 12.4 Å². The molecule has 0 aliphatic carbocycles. The number of benzene rings is 5. The summed E-state index contributed by atoms with van der Waals surface area (Å²) in [4.78, 5) is 28.4. The lowest BCUT2D eigenvalue weighted by atomic mass is 9.94. The van der Waals surface area contributed by atoms with Crippen molar-refractivity contribution in [2.45, 2.75) is 6.92 Å². The smallest absolute Gasteiger partial charge is 0.164 e. The first-order valence-electron chi connectivity index (χ1n) is 16.1. The van der Waals surface area contributed by atoms with Crippen LogP contribution in [0.5, 0.6) is 0 Å². The quantitative estimate of drug-likeness (QED) is 0.174. The Morgan fingerprint density at radius 2 is 0.776 bits per heavy atom. The second kappa shape index (κ2) is 13.2. The summed E-state index contributed by atoms with van der Waals surface area (Å²) in [6, 6.07) is 49.5. The third-order valence-corrected chi connectivity index (χ3v) is 8.36. The van der Waals surface area contributed by atoms with Gasteiger partial charge in [-0.2, -0.15) is 0 Å². The number of hydrogen-bond acceptors (Lipinski definition) is 6. The van der Waals surface area contributed by atoms with E-state index in [0.29, 0.717) is 23.3 Å². The van der Waals surface area contributed by atoms with Crippen LogP contribution < -0.4 is 0 Å². The average molecular weight is 631 g/mol. The molecule has 0 spiro atoms. The number of pyridine rings is 1. The molecule has 0 N–H and O–H groups in total. The molecule has 49 heavy (non-hydrogen) atoms. The minimum Gasteiger partial charge on any atom is -0.256 e. The molecule has 3 heterocycles. The first-order valence-corrected chi connectivity index (χ1v) is 16.1. The molecule has 232 valence electrons. The number of nitrogens with zero attached hydrogens (tertiary/aromatic N) is 6. The highest BCUT2D eigenvalue weighted by molar-refractivity contribution is 5.81. The summed E-state index contributed by atoms with van der Waals surface area (Å²) in [5.41, 5.74) is 11.1. The van der Waals surface area contributed by atoms with Crippen LogP contribution in [0.2, 0.25) is 0 Å². The molecule has 0 fully saturated rings. The van der Waals surface area contributed by atoms with Gasteiger partial charge in [0.1, 0.15) is 0 Å². The second-order valence-electron chi connectivity index (χ2n) is 11.8. The Hall–Kier alpha value is -6.66. The summed E-state index contributed by atoms with van der Waals surface area (Å²) in [7, 11) is 0. The summed E-state index contributed by atoms with van der Waals surface area (Å²) in [5, 5.41) is 0. The molecule has 5 aromatic carbocycles. The van der Waals surface area contributed by atoms with Gasteiger partial charge in [-0.15, -0.1) is 0 Å². The molecule has 6 nitrogen and oxygen atoms in total. The SMILES string of the molecule is Cc1ccc(-c2ccc(-c3cc(-c4ccc(-c5ncccn5)cc4)cc(-c4nc(-c5ccccc5)nc(-c5ccccc5)n4)c3)cc2)nc1. The van der Waals surface area contributed by atoms with Crippen molar-refractivity contribution in [1.29, 1.82) is 0 Å². The highest BCUT2D eigenvalue weighted by Gasteiger charge is 2.15. The highest BCUT2D eigenvalue weighted by atomic mass is 15.0. The van der Waals surface area contributed by atoms with Gasteiger partial charge in [-0.1, -0.05) is 115 Å². The van der Waals surface area contributed by atoms with Crippen molar-refractivity contribution in [3.63, 3.8) is 0 Å². The summed E-state index contributed by atoms with van der Waals surface area (Å²) in [6.07, 6.45) is 5.42. The molecule has 6 heteroatoms. The Morgan fingerprint density at radius 1 is 0.327 bits per heavy atom. The Kier molecular flexibility index (Phi) is 8.02. The van der Waals surface area contributed by atoms with Crippen LogP contribution in [0.1, 0.15) is 5.56 Å². The van der Waals surface area contributed by atoms with E-state index in [2.05, 4.69) is 93.8 Å². The van der Waals surface area contributed by atoms with Crippen LogP contribution in [0, 0.1) is 6.92 Å². The van der Waals surface area contributed by atoms with Crippen molar-refractivity contribution in [2.75, 3.05) is 0 Å². The van der Waals surface area contributed by atoms with Gasteiger partial charge < -0.3 is 0 Å². The van der Waals surface area contributed by atoms with Gasteiger partial charge in [-0.25, -0.2) is 24.9 Å². The van der Waals surface area contributed by atoms with Crippen LogP contribution in [0.4, 0.5) is 0 Å². The van der Waals surface area contributed by atoms with Crippen molar-refractivity contribution in [1.82, 2.24) is 29.9 Å². The largest absolute Gasteiger partial charge is 0.256 e. The number of hydrogen-bond donors (Lipinski definition) is 0. The van der Waals surface area contributed by atoms with E-state index in [1.165, 1.54) is 0 Å². The van der Waals surface area contributed by atoms with E-state index in [0.717, 1.165) is 61.3 Å². The Bertz CT molecular complexity index is 2280. The first-order chi connectivity index (χ1) is 24.2. The topological polar surface area (TPSA) is 77.3 Å². The van der Waals surface area contributed by atoms with E-state index < -0.39 is 0 Å². The molecule has 0 aliphatic rings. The maximum absolute atomic E-state index is 5.04. The fourth-order valence-electron chi connectivity index (χ4n) is 5.76. The molecule has 0 saturated carbocycles. The van der Waals surface area contributed by atoms with E-state index in [1.807, 2.05) is 79.9 Å². The van der Waals surface area contributed by atoms with Crippen LogP contribution in [0.25, 0.3) is 79.1 Å². The molecular weight excluding hydrogens is 601 g/mol. The molecule has 3 aromatic heterocycles. The van der Waals surface area contributed by atoms with Gasteiger partial charge in [-0.3, -0.25) is 4.98 Å². The zero-order valence-corrected chi connectivity index (χ0v) is 26.8. The summed E-state index contributed by atoms with van der Waals surface area (Å²) in [5.74, 6) is 2.54. The van der Waals surface area contributed by atoms with E-state index in [9.17, 15) is 0 Å². The zero-order chi connectivity index (χ0) is 33.0.